The number of aromatic nitrogens is 3. The summed E-state index contributed by atoms with van der Waals surface area (Å²) in [5.41, 5.74) is 2.71. The van der Waals surface area contributed by atoms with Crippen molar-refractivity contribution in [2.45, 2.75) is 56.9 Å². The SMILES string of the molecule is CC(C)Oc1cc2c3c([nH]c(=O)c2cc1Nc1ncc(Cl)c(Nc2ccccc2S(=O)(=O)C(C)C)n1)CN(C)CC3. The fourth-order valence-corrected chi connectivity index (χ4v) is 6.16. The molecule has 1 aliphatic rings. The normalized spacial score (nSPS) is 14.0. The zero-order valence-electron chi connectivity index (χ0n) is 23.6. The first-order chi connectivity index (χ1) is 19.4. The van der Waals surface area contributed by atoms with Crippen LogP contribution < -0.4 is 20.9 Å². The molecule has 5 rings (SSSR count). The van der Waals surface area contributed by atoms with Crippen LogP contribution in [-0.2, 0) is 22.8 Å². The third-order valence-corrected chi connectivity index (χ3v) is 9.40. The molecule has 0 saturated carbocycles. The number of benzene rings is 2. The summed E-state index contributed by atoms with van der Waals surface area (Å²) in [4.78, 5) is 27.3. The van der Waals surface area contributed by atoms with E-state index < -0.39 is 15.1 Å². The minimum Gasteiger partial charge on any atom is -0.489 e. The third kappa shape index (κ3) is 5.88. The third-order valence-electron chi connectivity index (χ3n) is 6.91. The first-order valence-electron chi connectivity index (χ1n) is 13.4. The number of likely N-dealkylation sites (N-methyl/N-ethyl adjacent to an activating group) is 1. The van der Waals surface area contributed by atoms with Gasteiger partial charge in [-0.05, 0) is 76.4 Å². The zero-order valence-corrected chi connectivity index (χ0v) is 25.2. The molecule has 41 heavy (non-hydrogen) atoms. The van der Waals surface area contributed by atoms with Crippen molar-refractivity contribution in [1.82, 2.24) is 19.9 Å². The van der Waals surface area contributed by atoms with E-state index in [-0.39, 0.29) is 33.3 Å². The zero-order chi connectivity index (χ0) is 29.5. The lowest BCUT2D eigenvalue weighted by Crippen LogP contribution is -2.29. The van der Waals surface area contributed by atoms with E-state index in [4.69, 9.17) is 16.3 Å². The molecule has 0 saturated heterocycles. The van der Waals surface area contributed by atoms with E-state index >= 15 is 0 Å². The number of nitrogens with one attached hydrogen (secondary N) is 3. The van der Waals surface area contributed by atoms with Crippen LogP contribution in [0, 0.1) is 0 Å². The molecule has 2 aromatic heterocycles. The summed E-state index contributed by atoms with van der Waals surface area (Å²) in [5.74, 6) is 0.962. The standard InChI is InChI=1S/C29H33ClN6O4S/c1-16(2)40-25-13-19-18-10-11-36(5)15-24(18)33-28(37)20(19)12-23(25)34-29-31-14-21(30)27(35-29)32-22-8-6-7-9-26(22)41(38,39)17(3)4/h6-9,12-14,16-17H,10-11,15H2,1-5H3,(H,33,37)(H2,31,32,34,35). The van der Waals surface area contributed by atoms with E-state index in [9.17, 15) is 13.2 Å². The minimum absolute atomic E-state index is 0.125. The summed E-state index contributed by atoms with van der Waals surface area (Å²) in [6, 6.07) is 10.3. The van der Waals surface area contributed by atoms with E-state index in [1.807, 2.05) is 27.0 Å². The smallest absolute Gasteiger partial charge is 0.256 e. The molecule has 0 bridgehead atoms. The monoisotopic (exact) mass is 596 g/mol. The molecule has 0 fully saturated rings. The molecule has 0 unspecified atom stereocenters. The van der Waals surface area contributed by atoms with Crippen LogP contribution in [0.15, 0.2) is 52.3 Å². The summed E-state index contributed by atoms with van der Waals surface area (Å²) in [6.45, 7) is 8.69. The lowest BCUT2D eigenvalue weighted by molar-refractivity contribution is 0.244. The number of para-hydroxylation sites is 1. The molecule has 0 radical (unpaired) electrons. The number of H-pyrrole nitrogens is 1. The number of hydrogen-bond acceptors (Lipinski definition) is 9. The number of anilines is 4. The molecular weight excluding hydrogens is 564 g/mol. The molecule has 1 aliphatic heterocycles. The molecule has 216 valence electrons. The van der Waals surface area contributed by atoms with Crippen LogP contribution >= 0.6 is 11.6 Å². The van der Waals surface area contributed by atoms with E-state index in [1.54, 1.807) is 44.2 Å². The van der Waals surface area contributed by atoms with Crippen molar-refractivity contribution in [3.63, 3.8) is 0 Å². The fraction of sp³-hybridized carbons (Fsp3) is 0.345. The highest BCUT2D eigenvalue weighted by Crippen LogP contribution is 2.36. The fourth-order valence-electron chi connectivity index (χ4n) is 4.82. The van der Waals surface area contributed by atoms with E-state index in [1.165, 1.54) is 6.20 Å². The topological polar surface area (TPSA) is 129 Å². The van der Waals surface area contributed by atoms with Gasteiger partial charge in [0.25, 0.3) is 5.56 Å². The Balaban J connectivity index is 1.55. The van der Waals surface area contributed by atoms with Gasteiger partial charge in [-0.25, -0.2) is 13.4 Å². The van der Waals surface area contributed by atoms with Crippen molar-refractivity contribution in [2.75, 3.05) is 24.2 Å². The van der Waals surface area contributed by atoms with Gasteiger partial charge < -0.3 is 25.3 Å². The summed E-state index contributed by atoms with van der Waals surface area (Å²) >= 11 is 6.42. The van der Waals surface area contributed by atoms with Crippen LogP contribution in [0.4, 0.5) is 23.1 Å². The maximum atomic E-state index is 13.1. The number of pyridine rings is 1. The lowest BCUT2D eigenvalue weighted by Gasteiger charge is -2.26. The van der Waals surface area contributed by atoms with Crippen LogP contribution in [0.1, 0.15) is 39.0 Å². The molecule has 0 aliphatic carbocycles. The number of rotatable bonds is 8. The summed E-state index contributed by atoms with van der Waals surface area (Å²) < 4.78 is 32.0. The number of aromatic amines is 1. The predicted molar refractivity (Wildman–Crippen MR) is 163 cm³/mol. The van der Waals surface area contributed by atoms with E-state index in [0.29, 0.717) is 29.1 Å². The van der Waals surface area contributed by atoms with Gasteiger partial charge in [0.2, 0.25) is 5.95 Å². The Labute approximate surface area is 244 Å². The maximum absolute atomic E-state index is 13.1. The molecule has 3 N–H and O–H groups in total. The summed E-state index contributed by atoms with van der Waals surface area (Å²) in [7, 11) is -1.54. The molecule has 2 aromatic carbocycles. The second kappa shape index (κ2) is 11.3. The quantitative estimate of drug-likeness (QED) is 0.244. The number of fused-ring (bicyclic) bond motifs is 3. The second-order valence-electron chi connectivity index (χ2n) is 10.7. The average Bonchev–Trinajstić information content (AvgIpc) is 2.91. The van der Waals surface area contributed by atoms with Gasteiger partial charge in [-0.1, -0.05) is 23.7 Å². The Bertz CT molecular complexity index is 1790. The van der Waals surface area contributed by atoms with Gasteiger partial charge >= 0.3 is 0 Å². The highest BCUT2D eigenvalue weighted by Gasteiger charge is 2.24. The minimum atomic E-state index is -3.57. The van der Waals surface area contributed by atoms with Gasteiger partial charge in [0.15, 0.2) is 15.7 Å². The van der Waals surface area contributed by atoms with Crippen LogP contribution in [0.2, 0.25) is 5.02 Å². The Hall–Kier alpha value is -3.67. The van der Waals surface area contributed by atoms with Crippen LogP contribution in [-0.4, -0.2) is 53.2 Å². The van der Waals surface area contributed by atoms with E-state index in [0.717, 1.165) is 29.6 Å². The molecule has 3 heterocycles. The van der Waals surface area contributed by atoms with Gasteiger partial charge in [-0.2, -0.15) is 4.98 Å². The van der Waals surface area contributed by atoms with Gasteiger partial charge in [0.05, 0.1) is 33.8 Å². The Morgan fingerprint density at radius 3 is 2.56 bits per heavy atom. The molecular formula is C29H33ClN6O4S. The van der Waals surface area contributed by atoms with Crippen molar-refractivity contribution >= 4 is 55.4 Å². The number of sulfone groups is 1. The number of halogens is 1. The number of ether oxygens (including phenoxy) is 1. The maximum Gasteiger partial charge on any atom is 0.256 e. The Morgan fingerprint density at radius 2 is 1.83 bits per heavy atom. The molecule has 4 aromatic rings. The molecule has 10 nitrogen and oxygen atoms in total. The molecule has 12 heteroatoms. The van der Waals surface area contributed by atoms with Crippen LogP contribution in [0.25, 0.3) is 10.8 Å². The second-order valence-corrected chi connectivity index (χ2v) is 13.6. The lowest BCUT2D eigenvalue weighted by atomic mass is 9.97. The largest absolute Gasteiger partial charge is 0.489 e. The van der Waals surface area contributed by atoms with Gasteiger partial charge in [-0.3, -0.25) is 4.79 Å². The van der Waals surface area contributed by atoms with Crippen molar-refractivity contribution in [3.05, 3.63) is 69.2 Å². The summed E-state index contributed by atoms with van der Waals surface area (Å²) in [5, 5.41) is 7.23. The number of hydrogen-bond donors (Lipinski definition) is 3. The average molecular weight is 597 g/mol. The van der Waals surface area contributed by atoms with Gasteiger partial charge in [0.1, 0.15) is 10.8 Å². The van der Waals surface area contributed by atoms with Crippen LogP contribution in [0.5, 0.6) is 5.75 Å². The predicted octanol–water partition coefficient (Wildman–Crippen LogP) is 5.42. The molecule has 0 atom stereocenters. The molecule has 0 amide bonds. The van der Waals surface area contributed by atoms with Crippen molar-refractivity contribution in [3.8, 4) is 5.75 Å². The van der Waals surface area contributed by atoms with E-state index in [2.05, 4.69) is 30.5 Å². The highest BCUT2D eigenvalue weighted by molar-refractivity contribution is 7.92. The van der Waals surface area contributed by atoms with Gasteiger partial charge in [0, 0.05) is 24.2 Å². The van der Waals surface area contributed by atoms with Crippen LogP contribution in [0.3, 0.4) is 0 Å². The van der Waals surface area contributed by atoms with Crippen molar-refractivity contribution < 1.29 is 13.2 Å². The summed E-state index contributed by atoms with van der Waals surface area (Å²) in [6.07, 6.45) is 2.11. The molecule has 0 spiro atoms. The Kier molecular flexibility index (Phi) is 7.95. The van der Waals surface area contributed by atoms with Crippen molar-refractivity contribution in [1.29, 1.82) is 0 Å². The highest BCUT2D eigenvalue weighted by atomic mass is 35.5. The Morgan fingerprint density at radius 1 is 1.07 bits per heavy atom. The van der Waals surface area contributed by atoms with Crippen molar-refractivity contribution in [2.24, 2.45) is 0 Å². The number of nitrogens with zero attached hydrogens (tertiary/aromatic N) is 3. The first kappa shape index (κ1) is 28.8. The van der Waals surface area contributed by atoms with Gasteiger partial charge in [-0.15, -0.1) is 0 Å². The first-order valence-corrected chi connectivity index (χ1v) is 15.3.